The van der Waals surface area contributed by atoms with Crippen molar-refractivity contribution in [3.63, 3.8) is 0 Å². The fraction of sp³-hybridized carbons (Fsp3) is 0.931. The summed E-state index contributed by atoms with van der Waals surface area (Å²) in [5, 5.41) is 219. The van der Waals surface area contributed by atoms with E-state index in [1.54, 1.807) is 6.92 Å². The second-order valence-electron chi connectivity index (χ2n) is 34.3. The SMILES string of the molecule is C[C@@H]1O[C@H](O[C@H]2[C@H](O)[C@@H](C(=O)O)O[C@@H](OC3CC[C@@]4(C)[C@@H](CC[C@]5(C)[C@@H]4CC=C4[C@@H]6CC(C)(C)CC[C@]6(C(=O)O[C@@H]6O[C@H](C)[C@H](O)[C@H](O)[C@H]6O[C@@H]6O[C@@H](C)[C@H](O[C@@H]7O[C@H](CO)[C@@H](O)[C@H](O)[C@H]7O)[C@@H](O[C@@H]7O[C@H](CO)[C@@H](O)[C@H](O)[C@H]7O)[C@H]6O)CC[C@]45C)[C@]3(C)C=O)[C@@H]2O[C@@H]2O[C@H](CO)[C@H](O)[C@H](O)[C@H]2O)[C@H](O)[C@H](O)[C@H]1O. The number of carbonyl (C=O) groups excluding carboxylic acids is 2. The van der Waals surface area contributed by atoms with Gasteiger partial charge in [0.25, 0.3) is 0 Å². The molecule has 11 fully saturated rings. The predicted molar refractivity (Wildman–Crippen MR) is 357 cm³/mol. The van der Waals surface area contributed by atoms with E-state index in [4.69, 9.17) is 66.3 Å². The highest BCUT2D eigenvalue weighted by Gasteiger charge is 2.72. The first kappa shape index (κ1) is 85.4. The number of hydrogen-bond donors (Lipinski definition) is 20. The fourth-order valence-corrected chi connectivity index (χ4v) is 20.6. The van der Waals surface area contributed by atoms with Gasteiger partial charge in [0.2, 0.25) is 6.29 Å². The summed E-state index contributed by atoms with van der Waals surface area (Å²) in [7, 11) is 0. The lowest BCUT2D eigenvalue weighted by molar-refractivity contribution is -0.398. The molecule has 37 heteroatoms. The Balaban J connectivity index is 0.808. The summed E-state index contributed by atoms with van der Waals surface area (Å²) in [5.74, 6) is -3.50. The summed E-state index contributed by atoms with van der Waals surface area (Å²) in [4.78, 5) is 43.3. The number of allylic oxidation sites excluding steroid dienone is 2. The van der Waals surface area contributed by atoms with Gasteiger partial charge >= 0.3 is 11.9 Å². The Labute approximate surface area is 628 Å². The summed E-state index contributed by atoms with van der Waals surface area (Å²) in [6.07, 6.45) is -58.4. The Hall–Kier alpha value is -2.93. The average Bonchev–Trinajstić information content (AvgIpc) is 0.674. The van der Waals surface area contributed by atoms with Gasteiger partial charge in [0, 0.05) is 0 Å². The Bertz CT molecular complexity index is 3190. The Kier molecular flexibility index (Phi) is 25.2. The number of carboxylic acids is 1. The predicted octanol–water partition coefficient (Wildman–Crippen LogP) is -6.21. The second kappa shape index (κ2) is 32.2. The number of esters is 1. The van der Waals surface area contributed by atoms with Crippen LogP contribution in [0.4, 0.5) is 0 Å². The Morgan fingerprint density at radius 2 is 0.890 bits per heavy atom. The van der Waals surface area contributed by atoms with E-state index in [0.29, 0.717) is 51.4 Å². The molecule has 0 amide bonds. The molecule has 0 bridgehead atoms. The van der Waals surface area contributed by atoms with Gasteiger partial charge in [-0.2, -0.15) is 0 Å². The summed E-state index contributed by atoms with van der Waals surface area (Å²) in [6.45, 7) is 14.1. The second-order valence-corrected chi connectivity index (χ2v) is 34.3. The monoisotopic (exact) mass is 1570 g/mol. The van der Waals surface area contributed by atoms with Gasteiger partial charge in [0.05, 0.1) is 55.1 Å². The first-order valence-corrected chi connectivity index (χ1v) is 38.0. The van der Waals surface area contributed by atoms with E-state index >= 15 is 4.79 Å². The highest BCUT2D eigenvalue weighted by molar-refractivity contribution is 5.79. The molecule has 0 aromatic heterocycles. The van der Waals surface area contributed by atoms with Gasteiger partial charge in [-0.3, -0.25) is 4.79 Å². The van der Waals surface area contributed by atoms with Gasteiger partial charge in [0.1, 0.15) is 147 Å². The summed E-state index contributed by atoms with van der Waals surface area (Å²) >= 11 is 0. The minimum Gasteiger partial charge on any atom is -0.479 e. The van der Waals surface area contributed by atoms with Crippen molar-refractivity contribution in [3.8, 4) is 0 Å². The number of aldehydes is 1. The largest absolute Gasteiger partial charge is 0.479 e. The normalized spacial score (nSPS) is 54.9. The van der Waals surface area contributed by atoms with E-state index in [1.807, 2.05) is 0 Å². The number of ether oxygens (including phenoxy) is 14. The van der Waals surface area contributed by atoms with Crippen LogP contribution in [0, 0.1) is 50.2 Å². The van der Waals surface area contributed by atoms with Gasteiger partial charge in [0.15, 0.2) is 49.9 Å². The molecule has 7 heterocycles. The van der Waals surface area contributed by atoms with Crippen molar-refractivity contribution in [1.82, 2.24) is 0 Å². The zero-order chi connectivity index (χ0) is 79.8. The fourth-order valence-electron chi connectivity index (χ4n) is 20.6. The molecule has 44 atom stereocenters. The summed E-state index contributed by atoms with van der Waals surface area (Å²) in [6, 6.07) is 0. The van der Waals surface area contributed by atoms with E-state index in [1.165, 1.54) is 20.8 Å². The molecule has 20 N–H and O–H groups in total. The van der Waals surface area contributed by atoms with Crippen molar-refractivity contribution in [2.75, 3.05) is 19.8 Å². The zero-order valence-electron chi connectivity index (χ0n) is 62.2. The highest BCUT2D eigenvalue weighted by atomic mass is 16.8. The molecule has 0 radical (unpaired) electrons. The van der Waals surface area contributed by atoms with E-state index in [-0.39, 0.29) is 24.2 Å². The summed E-state index contributed by atoms with van der Waals surface area (Å²) < 4.78 is 85.5. The third-order valence-electron chi connectivity index (χ3n) is 27.6. The molecule has 0 aromatic rings. The van der Waals surface area contributed by atoms with Gasteiger partial charge in [-0.15, -0.1) is 0 Å². The number of fused-ring (bicyclic) bond motifs is 7. The topological polar surface area (TPSA) is 585 Å². The van der Waals surface area contributed by atoms with Crippen molar-refractivity contribution in [1.29, 1.82) is 0 Å². The van der Waals surface area contributed by atoms with E-state index < -0.39 is 292 Å². The van der Waals surface area contributed by atoms with E-state index in [2.05, 4.69) is 40.7 Å². The lowest BCUT2D eigenvalue weighted by Gasteiger charge is -2.71. The van der Waals surface area contributed by atoms with Gasteiger partial charge in [-0.25, -0.2) is 4.79 Å². The van der Waals surface area contributed by atoms with Crippen LogP contribution in [0.5, 0.6) is 0 Å². The molecule has 624 valence electrons. The maximum atomic E-state index is 15.9. The number of aliphatic hydroxyl groups excluding tert-OH is 19. The first-order valence-electron chi connectivity index (χ1n) is 38.0. The van der Waals surface area contributed by atoms with E-state index in [9.17, 15) is 112 Å². The molecule has 4 saturated carbocycles. The molecule has 0 spiro atoms. The number of rotatable bonds is 19. The quantitative estimate of drug-likeness (QED) is 0.0248. The van der Waals surface area contributed by atoms with Crippen LogP contribution < -0.4 is 0 Å². The Morgan fingerprint density at radius 3 is 1.41 bits per heavy atom. The van der Waals surface area contributed by atoms with E-state index in [0.717, 1.165) is 11.9 Å². The van der Waals surface area contributed by atoms with Crippen molar-refractivity contribution in [2.45, 2.75) is 348 Å². The van der Waals surface area contributed by atoms with Crippen LogP contribution in [0.1, 0.15) is 127 Å². The zero-order valence-corrected chi connectivity index (χ0v) is 62.2. The average molecular weight is 1570 g/mol. The third kappa shape index (κ3) is 14.8. The van der Waals surface area contributed by atoms with Crippen LogP contribution >= 0.6 is 0 Å². The van der Waals surface area contributed by atoms with Crippen molar-refractivity contribution < 1.29 is 183 Å². The molecule has 37 nitrogen and oxygen atoms in total. The molecular formula is C72H114O37. The number of hydrogen-bond acceptors (Lipinski definition) is 36. The maximum Gasteiger partial charge on any atom is 0.335 e. The van der Waals surface area contributed by atoms with Crippen LogP contribution in [0.2, 0.25) is 0 Å². The van der Waals surface area contributed by atoms with Crippen LogP contribution in [0.25, 0.3) is 0 Å². The molecule has 1 unspecified atom stereocenters. The standard InChI is InChI=1S/C72H114O37/c1-25-36(77)41(82)46(87)59(96-25)104-53-50(91)55(58(93)94)106-65(57(53)108-62-49(90)44(85)40(81)32(23-75)101-62)102-35-13-14-68(6)33(69(35,7)24-76)12-15-71(9)34(68)11-10-28-29-20-67(4,5)16-18-72(29,19-17-70(28,71)8)66(95)109-64-56(45(86)37(78)26(2)97-64)107-63-51(92)54(105-61-48(89)43(84)39(80)31(22-74)100-61)52(27(3)98-63)103-60-47(88)42(83)38(79)30(21-73)99-60/h10,24-27,29-57,59-65,73-75,77-92H,11-23H2,1-9H3,(H,93,94)/t25-,26+,27-,29-,30+,31+,32+,33+,34+,35?,36-,37-,38+,39+,40-,41+,42-,43-,44-,45-,46+,47+,48+,49+,50-,51+,52-,53-,54-,55-,56+,57+,59+,60-,61-,62-,63-,64-,65+,68-,69-,70+,71+,72-/m0/s1. The van der Waals surface area contributed by atoms with Crippen LogP contribution in [-0.4, -0.2) is 361 Å². The van der Waals surface area contributed by atoms with Crippen LogP contribution in [0.3, 0.4) is 0 Å². The van der Waals surface area contributed by atoms with Crippen molar-refractivity contribution >= 4 is 18.2 Å². The lowest BCUT2D eigenvalue weighted by Crippen LogP contribution is -2.69. The molecular weight excluding hydrogens is 1460 g/mol. The first-order chi connectivity index (χ1) is 51.1. The molecule has 7 aliphatic heterocycles. The van der Waals surface area contributed by atoms with Gasteiger partial charge < -0.3 is 173 Å². The molecule has 0 aromatic carbocycles. The van der Waals surface area contributed by atoms with Crippen molar-refractivity contribution in [3.05, 3.63) is 11.6 Å². The maximum absolute atomic E-state index is 15.9. The number of carbonyl (C=O) groups is 3. The number of aliphatic carboxylic acids is 1. The molecule has 12 aliphatic rings. The highest BCUT2D eigenvalue weighted by Crippen LogP contribution is 2.76. The molecule has 7 saturated heterocycles. The van der Waals surface area contributed by atoms with Crippen LogP contribution in [-0.2, 0) is 80.7 Å². The number of aliphatic hydroxyl groups is 19. The molecule has 109 heavy (non-hydrogen) atoms. The Morgan fingerprint density at radius 1 is 0.440 bits per heavy atom. The minimum atomic E-state index is -2.23. The number of carboxylic acid groups (broad SMARTS) is 1. The van der Waals surface area contributed by atoms with Crippen molar-refractivity contribution in [2.24, 2.45) is 50.2 Å². The minimum absolute atomic E-state index is 0.124. The van der Waals surface area contributed by atoms with Crippen LogP contribution in [0.15, 0.2) is 11.6 Å². The van der Waals surface area contributed by atoms with Gasteiger partial charge in [-0.05, 0) is 124 Å². The molecule has 12 rings (SSSR count). The smallest absolute Gasteiger partial charge is 0.335 e. The van der Waals surface area contributed by atoms with Gasteiger partial charge in [-0.1, -0.05) is 53.2 Å². The lowest BCUT2D eigenvalue weighted by atomic mass is 9.33. The molecule has 5 aliphatic carbocycles. The third-order valence-corrected chi connectivity index (χ3v) is 27.6. The summed E-state index contributed by atoms with van der Waals surface area (Å²) in [5.41, 5.74) is -3.73.